The standard InChI is InChI=1S/C12H15BrO5/c1-2-18-8-3-4-9(10(13)5-8)11(14)6-17-7-12(15)16/h3-5,11,14H,2,6-7H2,1H3,(H,15,16). The van der Waals surface area contributed by atoms with E-state index in [1.54, 1.807) is 18.2 Å². The van der Waals surface area contributed by atoms with Crippen molar-refractivity contribution in [3.05, 3.63) is 28.2 Å². The van der Waals surface area contributed by atoms with Gasteiger partial charge < -0.3 is 19.7 Å². The van der Waals surface area contributed by atoms with Gasteiger partial charge in [0.05, 0.1) is 13.2 Å². The van der Waals surface area contributed by atoms with Crippen LogP contribution in [0.4, 0.5) is 0 Å². The number of hydrogen-bond acceptors (Lipinski definition) is 4. The summed E-state index contributed by atoms with van der Waals surface area (Å²) in [5, 5.41) is 18.3. The predicted octanol–water partition coefficient (Wildman–Crippen LogP) is 1.98. The zero-order chi connectivity index (χ0) is 13.5. The molecule has 0 aliphatic heterocycles. The Labute approximate surface area is 113 Å². The summed E-state index contributed by atoms with van der Waals surface area (Å²) in [6, 6.07) is 5.20. The van der Waals surface area contributed by atoms with Gasteiger partial charge in [0, 0.05) is 4.47 Å². The molecule has 0 aliphatic carbocycles. The lowest BCUT2D eigenvalue weighted by Crippen LogP contribution is -2.13. The van der Waals surface area contributed by atoms with Gasteiger partial charge in [-0.2, -0.15) is 0 Å². The molecule has 0 spiro atoms. The van der Waals surface area contributed by atoms with E-state index < -0.39 is 18.7 Å². The quantitative estimate of drug-likeness (QED) is 0.804. The van der Waals surface area contributed by atoms with Crippen molar-refractivity contribution in [2.75, 3.05) is 19.8 Å². The largest absolute Gasteiger partial charge is 0.494 e. The van der Waals surface area contributed by atoms with Crippen LogP contribution >= 0.6 is 15.9 Å². The summed E-state index contributed by atoms with van der Waals surface area (Å²) in [6.45, 7) is 1.96. The van der Waals surface area contributed by atoms with Gasteiger partial charge in [0.2, 0.25) is 0 Å². The molecule has 1 aromatic rings. The third-order valence-electron chi connectivity index (χ3n) is 2.14. The first-order valence-electron chi connectivity index (χ1n) is 5.44. The summed E-state index contributed by atoms with van der Waals surface area (Å²) >= 11 is 3.33. The predicted molar refractivity (Wildman–Crippen MR) is 68.7 cm³/mol. The van der Waals surface area contributed by atoms with Gasteiger partial charge in [-0.1, -0.05) is 22.0 Å². The zero-order valence-electron chi connectivity index (χ0n) is 9.93. The molecule has 5 nitrogen and oxygen atoms in total. The zero-order valence-corrected chi connectivity index (χ0v) is 11.5. The van der Waals surface area contributed by atoms with Crippen LogP contribution < -0.4 is 4.74 Å². The minimum Gasteiger partial charge on any atom is -0.494 e. The lowest BCUT2D eigenvalue weighted by atomic mass is 10.1. The molecule has 0 aliphatic rings. The fraction of sp³-hybridized carbons (Fsp3) is 0.417. The number of carboxylic acid groups (broad SMARTS) is 1. The highest BCUT2D eigenvalue weighted by atomic mass is 79.9. The van der Waals surface area contributed by atoms with Gasteiger partial charge in [-0.25, -0.2) is 4.79 Å². The van der Waals surface area contributed by atoms with Crippen molar-refractivity contribution in [2.24, 2.45) is 0 Å². The van der Waals surface area contributed by atoms with Crippen LogP contribution in [0.15, 0.2) is 22.7 Å². The van der Waals surface area contributed by atoms with Gasteiger partial charge in [-0.3, -0.25) is 0 Å². The summed E-state index contributed by atoms with van der Waals surface area (Å²) in [6.07, 6.45) is -0.880. The summed E-state index contributed by atoms with van der Waals surface area (Å²) in [5.74, 6) is -0.361. The number of halogens is 1. The van der Waals surface area contributed by atoms with Gasteiger partial charge in [0.25, 0.3) is 0 Å². The number of carboxylic acids is 1. The number of aliphatic hydroxyl groups excluding tert-OH is 1. The third kappa shape index (κ3) is 4.64. The Balaban J connectivity index is 2.62. The van der Waals surface area contributed by atoms with E-state index in [9.17, 15) is 9.90 Å². The van der Waals surface area contributed by atoms with Crippen LogP contribution in [-0.2, 0) is 9.53 Å². The normalized spacial score (nSPS) is 12.2. The molecule has 18 heavy (non-hydrogen) atoms. The summed E-state index contributed by atoms with van der Waals surface area (Å²) in [5.41, 5.74) is 0.629. The number of carbonyl (C=O) groups is 1. The van der Waals surface area contributed by atoms with Crippen LogP contribution in [-0.4, -0.2) is 36.0 Å². The second kappa shape index (κ2) is 7.35. The average molecular weight is 319 g/mol. The average Bonchev–Trinajstić information content (AvgIpc) is 2.28. The molecule has 0 radical (unpaired) electrons. The Morgan fingerprint density at radius 1 is 1.50 bits per heavy atom. The smallest absolute Gasteiger partial charge is 0.329 e. The first kappa shape index (κ1) is 14.9. The Morgan fingerprint density at radius 2 is 2.22 bits per heavy atom. The lowest BCUT2D eigenvalue weighted by molar-refractivity contribution is -0.143. The Kier molecular flexibility index (Phi) is 6.11. The van der Waals surface area contributed by atoms with Gasteiger partial charge in [0.1, 0.15) is 18.5 Å². The van der Waals surface area contributed by atoms with Crippen molar-refractivity contribution < 1.29 is 24.5 Å². The fourth-order valence-electron chi connectivity index (χ4n) is 1.38. The first-order valence-corrected chi connectivity index (χ1v) is 6.23. The molecule has 1 rings (SSSR count). The number of rotatable bonds is 7. The van der Waals surface area contributed by atoms with E-state index in [0.717, 1.165) is 0 Å². The second-order valence-corrected chi connectivity index (χ2v) is 4.40. The second-order valence-electron chi connectivity index (χ2n) is 3.54. The van der Waals surface area contributed by atoms with Gasteiger partial charge >= 0.3 is 5.97 Å². The topological polar surface area (TPSA) is 76.0 Å². The van der Waals surface area contributed by atoms with E-state index in [1.165, 1.54) is 0 Å². The van der Waals surface area contributed by atoms with Crippen LogP contribution in [0.25, 0.3) is 0 Å². The minimum absolute atomic E-state index is 0.0706. The van der Waals surface area contributed by atoms with E-state index in [0.29, 0.717) is 22.4 Å². The molecule has 2 N–H and O–H groups in total. The molecule has 0 bridgehead atoms. The van der Waals surface area contributed by atoms with E-state index in [2.05, 4.69) is 15.9 Å². The van der Waals surface area contributed by atoms with Crippen molar-refractivity contribution in [3.8, 4) is 5.75 Å². The Bertz CT molecular complexity index is 407. The number of benzene rings is 1. The summed E-state index contributed by atoms with van der Waals surface area (Å²) in [4.78, 5) is 10.3. The van der Waals surface area contributed by atoms with E-state index in [4.69, 9.17) is 14.6 Å². The summed E-state index contributed by atoms with van der Waals surface area (Å²) < 4.78 is 10.9. The maximum atomic E-state index is 10.3. The third-order valence-corrected chi connectivity index (χ3v) is 2.83. The van der Waals surface area contributed by atoms with Crippen molar-refractivity contribution in [1.29, 1.82) is 0 Å². The molecular formula is C12H15BrO5. The van der Waals surface area contributed by atoms with Crippen LogP contribution in [0.5, 0.6) is 5.75 Å². The Hall–Kier alpha value is -1.11. The van der Waals surface area contributed by atoms with Crippen molar-refractivity contribution in [1.82, 2.24) is 0 Å². The van der Waals surface area contributed by atoms with Crippen LogP contribution in [0.2, 0.25) is 0 Å². The lowest BCUT2D eigenvalue weighted by Gasteiger charge is -2.13. The van der Waals surface area contributed by atoms with Crippen molar-refractivity contribution >= 4 is 21.9 Å². The van der Waals surface area contributed by atoms with Gasteiger partial charge in [0.15, 0.2) is 0 Å². The molecule has 0 amide bonds. The fourth-order valence-corrected chi connectivity index (χ4v) is 2.00. The number of hydrogen-bond donors (Lipinski definition) is 2. The van der Waals surface area contributed by atoms with E-state index in [-0.39, 0.29) is 6.61 Å². The minimum atomic E-state index is -1.06. The highest BCUT2D eigenvalue weighted by molar-refractivity contribution is 9.10. The van der Waals surface area contributed by atoms with E-state index in [1.807, 2.05) is 6.92 Å². The van der Waals surface area contributed by atoms with Gasteiger partial charge in [-0.05, 0) is 24.6 Å². The SMILES string of the molecule is CCOc1ccc(C(O)COCC(=O)O)c(Br)c1. The molecule has 0 fully saturated rings. The number of ether oxygens (including phenoxy) is 2. The monoisotopic (exact) mass is 318 g/mol. The molecule has 0 saturated heterocycles. The molecule has 0 saturated carbocycles. The van der Waals surface area contributed by atoms with Crippen LogP contribution in [0.3, 0.4) is 0 Å². The molecule has 0 heterocycles. The Morgan fingerprint density at radius 3 is 2.78 bits per heavy atom. The first-order chi connectivity index (χ1) is 8.54. The molecule has 1 atom stereocenters. The van der Waals surface area contributed by atoms with Crippen LogP contribution in [0, 0.1) is 0 Å². The molecule has 6 heteroatoms. The highest BCUT2D eigenvalue weighted by Crippen LogP contribution is 2.28. The van der Waals surface area contributed by atoms with Crippen molar-refractivity contribution in [3.63, 3.8) is 0 Å². The molecule has 100 valence electrons. The number of aliphatic hydroxyl groups is 1. The molecule has 1 unspecified atom stereocenters. The van der Waals surface area contributed by atoms with E-state index >= 15 is 0 Å². The van der Waals surface area contributed by atoms with Gasteiger partial charge in [-0.15, -0.1) is 0 Å². The number of aliphatic carboxylic acids is 1. The highest BCUT2D eigenvalue weighted by Gasteiger charge is 2.13. The molecular weight excluding hydrogens is 304 g/mol. The maximum absolute atomic E-state index is 10.3. The van der Waals surface area contributed by atoms with Crippen molar-refractivity contribution in [2.45, 2.75) is 13.0 Å². The maximum Gasteiger partial charge on any atom is 0.329 e. The van der Waals surface area contributed by atoms with Crippen LogP contribution in [0.1, 0.15) is 18.6 Å². The molecule has 1 aromatic carbocycles. The molecule has 0 aromatic heterocycles. The summed E-state index contributed by atoms with van der Waals surface area (Å²) in [7, 11) is 0.